The lowest BCUT2D eigenvalue weighted by Crippen LogP contribution is -2.02. The summed E-state index contributed by atoms with van der Waals surface area (Å²) in [6.45, 7) is 5.05. The van der Waals surface area contributed by atoms with E-state index in [2.05, 4.69) is 46.8 Å². The number of nitriles is 1. The topological polar surface area (TPSA) is 54.5 Å². The molecule has 0 bridgehead atoms. The van der Waals surface area contributed by atoms with Gasteiger partial charge < -0.3 is 4.57 Å². The minimum absolute atomic E-state index is 0.398. The zero-order chi connectivity index (χ0) is 13.7. The third kappa shape index (κ3) is 3.15. The zero-order valence-corrected chi connectivity index (χ0v) is 11.9. The van der Waals surface area contributed by atoms with Crippen LogP contribution in [0.2, 0.25) is 0 Å². The van der Waals surface area contributed by atoms with Crippen LogP contribution >= 0.6 is 11.8 Å². The van der Waals surface area contributed by atoms with Gasteiger partial charge in [0.05, 0.1) is 11.8 Å². The van der Waals surface area contributed by atoms with Gasteiger partial charge >= 0.3 is 0 Å². The molecule has 5 heteroatoms. The van der Waals surface area contributed by atoms with Crippen LogP contribution < -0.4 is 0 Å². The molecular formula is C14H16N4S. The molecule has 1 aromatic heterocycles. The number of hydrogen-bond acceptors (Lipinski definition) is 4. The molecular weight excluding hydrogens is 256 g/mol. The van der Waals surface area contributed by atoms with Crippen molar-refractivity contribution in [3.05, 3.63) is 29.8 Å². The van der Waals surface area contributed by atoms with E-state index in [0.29, 0.717) is 5.75 Å². The maximum atomic E-state index is 8.68. The van der Waals surface area contributed by atoms with E-state index < -0.39 is 0 Å². The molecule has 0 saturated heterocycles. The Morgan fingerprint density at radius 3 is 2.89 bits per heavy atom. The fraction of sp³-hybridized carbons (Fsp3) is 0.357. The van der Waals surface area contributed by atoms with Gasteiger partial charge in [0, 0.05) is 12.1 Å². The Bertz CT molecular complexity index is 598. The molecule has 0 aliphatic carbocycles. The molecule has 1 heterocycles. The number of nitrogens with zero attached hydrogens (tertiary/aromatic N) is 4. The first kappa shape index (κ1) is 13.6. The molecule has 2 rings (SSSR count). The molecule has 0 N–H and O–H groups in total. The van der Waals surface area contributed by atoms with Crippen LogP contribution in [0.15, 0.2) is 29.4 Å². The van der Waals surface area contributed by atoms with Gasteiger partial charge in [0.15, 0.2) is 11.0 Å². The average Bonchev–Trinajstić information content (AvgIpc) is 2.80. The minimum Gasteiger partial charge on any atom is -0.302 e. The van der Waals surface area contributed by atoms with E-state index in [1.165, 1.54) is 17.3 Å². The molecule has 0 fully saturated rings. The van der Waals surface area contributed by atoms with Crippen molar-refractivity contribution in [3.63, 3.8) is 0 Å². The van der Waals surface area contributed by atoms with Crippen LogP contribution in [0.5, 0.6) is 0 Å². The molecule has 2 aromatic rings. The number of benzene rings is 1. The first-order valence-corrected chi connectivity index (χ1v) is 7.24. The monoisotopic (exact) mass is 272 g/mol. The lowest BCUT2D eigenvalue weighted by molar-refractivity contribution is 0.626. The minimum atomic E-state index is 0.398. The van der Waals surface area contributed by atoms with E-state index in [0.717, 1.165) is 29.5 Å². The highest BCUT2D eigenvalue weighted by atomic mass is 32.2. The summed E-state index contributed by atoms with van der Waals surface area (Å²) in [4.78, 5) is 0. The predicted molar refractivity (Wildman–Crippen MR) is 76.8 cm³/mol. The summed E-state index contributed by atoms with van der Waals surface area (Å²) in [6, 6.07) is 10.4. The lowest BCUT2D eigenvalue weighted by atomic mass is 10.1. The molecule has 4 nitrogen and oxygen atoms in total. The second kappa shape index (κ2) is 6.39. The fourth-order valence-electron chi connectivity index (χ4n) is 1.92. The van der Waals surface area contributed by atoms with E-state index in [1.54, 1.807) is 0 Å². The Kier molecular flexibility index (Phi) is 4.58. The highest BCUT2D eigenvalue weighted by molar-refractivity contribution is 7.99. The van der Waals surface area contributed by atoms with E-state index in [-0.39, 0.29) is 0 Å². The van der Waals surface area contributed by atoms with Crippen molar-refractivity contribution in [1.29, 1.82) is 5.26 Å². The van der Waals surface area contributed by atoms with E-state index in [4.69, 9.17) is 5.26 Å². The number of rotatable bonds is 5. The lowest BCUT2D eigenvalue weighted by Gasteiger charge is -2.08. The van der Waals surface area contributed by atoms with Gasteiger partial charge in [-0.05, 0) is 19.4 Å². The molecule has 0 unspecified atom stereocenters. The molecule has 0 atom stereocenters. The number of thioether (sulfide) groups is 1. The van der Waals surface area contributed by atoms with Crippen LogP contribution in [0.25, 0.3) is 11.4 Å². The molecule has 0 aliphatic heterocycles. The second-order valence-electron chi connectivity index (χ2n) is 4.27. The molecule has 0 aliphatic rings. The van der Waals surface area contributed by atoms with Crippen molar-refractivity contribution < 1.29 is 0 Å². The van der Waals surface area contributed by atoms with Crippen molar-refractivity contribution in [3.8, 4) is 17.5 Å². The Hall–Kier alpha value is -1.80. The maximum Gasteiger partial charge on any atom is 0.192 e. The fourth-order valence-corrected chi connectivity index (χ4v) is 2.54. The number of aromatic nitrogens is 3. The van der Waals surface area contributed by atoms with E-state index >= 15 is 0 Å². The highest BCUT2D eigenvalue weighted by Crippen LogP contribution is 2.24. The first-order valence-electron chi connectivity index (χ1n) is 6.26. The number of aryl methyl sites for hydroxylation is 1. The molecule has 0 amide bonds. The van der Waals surface area contributed by atoms with Gasteiger partial charge in [0.2, 0.25) is 0 Å². The van der Waals surface area contributed by atoms with Crippen LogP contribution in [0.3, 0.4) is 0 Å². The summed E-state index contributed by atoms with van der Waals surface area (Å²) in [5.41, 5.74) is 2.28. The predicted octanol–water partition coefficient (Wildman–Crippen LogP) is 3.28. The number of hydrogen-bond donors (Lipinski definition) is 0. The molecule has 1 aromatic carbocycles. The van der Waals surface area contributed by atoms with Crippen LogP contribution in [0.1, 0.15) is 18.9 Å². The van der Waals surface area contributed by atoms with Crippen molar-refractivity contribution >= 4 is 11.8 Å². The normalized spacial score (nSPS) is 10.4. The Labute approximate surface area is 117 Å². The van der Waals surface area contributed by atoms with Crippen LogP contribution in [0, 0.1) is 18.3 Å². The third-order valence-electron chi connectivity index (χ3n) is 2.71. The summed E-state index contributed by atoms with van der Waals surface area (Å²) in [6.07, 6.45) is 1.01. The smallest absolute Gasteiger partial charge is 0.192 e. The molecule has 98 valence electrons. The first-order chi connectivity index (χ1) is 9.26. The molecule has 0 spiro atoms. The van der Waals surface area contributed by atoms with Gasteiger partial charge in [0.25, 0.3) is 0 Å². The molecule has 0 saturated carbocycles. The van der Waals surface area contributed by atoms with Crippen LogP contribution in [-0.4, -0.2) is 20.5 Å². The SMILES string of the molecule is CCCn1c(SCC#N)nnc1-c1cccc(C)c1. The van der Waals surface area contributed by atoms with Gasteiger partial charge in [0.1, 0.15) is 0 Å². The van der Waals surface area contributed by atoms with Gasteiger partial charge in [-0.15, -0.1) is 10.2 Å². The second-order valence-corrected chi connectivity index (χ2v) is 5.22. The van der Waals surface area contributed by atoms with Crippen LogP contribution in [0.4, 0.5) is 0 Å². The van der Waals surface area contributed by atoms with Gasteiger partial charge in [-0.2, -0.15) is 5.26 Å². The van der Waals surface area contributed by atoms with Gasteiger partial charge in [-0.25, -0.2) is 0 Å². The van der Waals surface area contributed by atoms with Crippen molar-refractivity contribution in [2.75, 3.05) is 5.75 Å². The quantitative estimate of drug-likeness (QED) is 0.784. The molecule has 19 heavy (non-hydrogen) atoms. The van der Waals surface area contributed by atoms with E-state index in [9.17, 15) is 0 Å². The Morgan fingerprint density at radius 2 is 2.21 bits per heavy atom. The van der Waals surface area contributed by atoms with Gasteiger partial charge in [-0.3, -0.25) is 0 Å². The summed E-state index contributed by atoms with van der Waals surface area (Å²) in [7, 11) is 0. The summed E-state index contributed by atoms with van der Waals surface area (Å²) in [5, 5.41) is 18.0. The highest BCUT2D eigenvalue weighted by Gasteiger charge is 2.13. The van der Waals surface area contributed by atoms with Crippen molar-refractivity contribution in [1.82, 2.24) is 14.8 Å². The standard InChI is InChI=1S/C14H16N4S/c1-3-8-18-13(12-6-4-5-11(2)10-12)16-17-14(18)19-9-7-15/h4-6,10H,3,8-9H2,1-2H3. The van der Waals surface area contributed by atoms with Gasteiger partial charge in [-0.1, -0.05) is 42.4 Å². The summed E-state index contributed by atoms with van der Waals surface area (Å²) < 4.78 is 2.09. The summed E-state index contributed by atoms with van der Waals surface area (Å²) in [5.74, 6) is 1.28. The van der Waals surface area contributed by atoms with Crippen molar-refractivity contribution in [2.45, 2.75) is 32.0 Å². The average molecular weight is 272 g/mol. The zero-order valence-electron chi connectivity index (χ0n) is 11.1. The third-order valence-corrected chi connectivity index (χ3v) is 3.54. The Morgan fingerprint density at radius 1 is 1.37 bits per heavy atom. The molecule has 0 radical (unpaired) electrons. The largest absolute Gasteiger partial charge is 0.302 e. The van der Waals surface area contributed by atoms with Crippen LogP contribution in [-0.2, 0) is 6.54 Å². The summed E-state index contributed by atoms with van der Waals surface area (Å²) >= 11 is 1.43. The maximum absolute atomic E-state index is 8.68. The van der Waals surface area contributed by atoms with Crippen molar-refractivity contribution in [2.24, 2.45) is 0 Å². The Balaban J connectivity index is 2.40. The van der Waals surface area contributed by atoms with E-state index in [1.807, 2.05) is 12.1 Å².